The normalized spacial score (nSPS) is 21.6. The number of methoxy groups -OCH3 is 3. The Balaban J connectivity index is 0.927. The predicted molar refractivity (Wildman–Crippen MR) is 433 cm³/mol. The summed E-state index contributed by atoms with van der Waals surface area (Å²) in [4.78, 5) is 156. The largest absolute Gasteiger partial charge is 0.507 e. The summed E-state index contributed by atoms with van der Waals surface area (Å²) in [6.45, 7) is 8.13. The van der Waals surface area contributed by atoms with Crippen molar-refractivity contribution < 1.29 is 130 Å². The van der Waals surface area contributed by atoms with Crippen LogP contribution in [-0.2, 0) is 92.2 Å². The van der Waals surface area contributed by atoms with Gasteiger partial charge in [0.25, 0.3) is 17.7 Å². The summed E-state index contributed by atoms with van der Waals surface area (Å²) in [5, 5.41) is 39.1. The molecule has 6 amide bonds. The fourth-order valence-electron chi connectivity index (χ4n) is 17.8. The van der Waals surface area contributed by atoms with Crippen LogP contribution in [0.3, 0.4) is 0 Å². The number of benzene rings is 3. The first-order valence-corrected chi connectivity index (χ1v) is 41.0. The van der Waals surface area contributed by atoms with Gasteiger partial charge in [-0.2, -0.15) is 0 Å². The summed E-state index contributed by atoms with van der Waals surface area (Å²) in [7, 11) is 3.90. The zero-order valence-electron chi connectivity index (χ0n) is 69.9. The lowest BCUT2D eigenvalue weighted by Crippen LogP contribution is -2.60. The molecule has 36 heteroatoms. The number of primary amides is 3. The topological polar surface area (TPSA) is 569 Å². The van der Waals surface area contributed by atoms with Gasteiger partial charge in [0.1, 0.15) is 107 Å². The second-order valence-corrected chi connectivity index (χ2v) is 31.9. The molecule has 7 rings (SSSR count). The average Bonchev–Trinajstić information content (AvgIpc) is 1.46. The molecule has 0 heterocycles. The van der Waals surface area contributed by atoms with Crippen molar-refractivity contribution in [1.82, 2.24) is 5.32 Å². The summed E-state index contributed by atoms with van der Waals surface area (Å²) in [5.74, 6) is -9.60. The maximum Gasteiger partial charge on any atom is 0.323 e. The third-order valence-corrected chi connectivity index (χ3v) is 23.7. The predicted octanol–water partition coefficient (Wildman–Crippen LogP) is 4.95. The Morgan fingerprint density at radius 3 is 1.50 bits per heavy atom. The molecular formula is C84H123N9O27. The summed E-state index contributed by atoms with van der Waals surface area (Å²) < 4.78 is 67.6. The van der Waals surface area contributed by atoms with Crippen LogP contribution in [-0.4, -0.2) is 229 Å². The average molecular weight is 1690 g/mol. The van der Waals surface area contributed by atoms with Crippen molar-refractivity contribution in [1.29, 1.82) is 0 Å². The highest BCUT2D eigenvalue weighted by atomic mass is 16.6. The van der Waals surface area contributed by atoms with Gasteiger partial charge in [0.2, 0.25) is 17.7 Å². The lowest BCUT2D eigenvalue weighted by Gasteiger charge is -2.63. The zero-order valence-corrected chi connectivity index (χ0v) is 69.9. The number of anilines is 2. The van der Waals surface area contributed by atoms with Crippen molar-refractivity contribution in [2.45, 2.75) is 198 Å². The number of phenols is 3. The van der Waals surface area contributed by atoms with Gasteiger partial charge >= 0.3 is 17.9 Å². The van der Waals surface area contributed by atoms with Crippen molar-refractivity contribution >= 4 is 82.1 Å². The number of hydrogen-bond donors (Lipinski definition) is 12. The van der Waals surface area contributed by atoms with E-state index >= 15 is 0 Å². The van der Waals surface area contributed by atoms with Crippen LogP contribution in [0.15, 0.2) is 36.4 Å². The fourth-order valence-corrected chi connectivity index (χ4v) is 17.8. The maximum atomic E-state index is 14.5. The Kier molecular flexibility index (Phi) is 38.1. The Morgan fingerprint density at radius 1 is 0.492 bits per heavy atom. The van der Waals surface area contributed by atoms with Crippen LogP contribution in [0.5, 0.6) is 34.5 Å². The molecule has 4 fully saturated rings. The van der Waals surface area contributed by atoms with Crippen molar-refractivity contribution in [3.8, 4) is 34.5 Å². The number of nitrogens with one attached hydrogen (secondary N) is 3. The van der Waals surface area contributed by atoms with Crippen LogP contribution in [0.1, 0.15) is 193 Å². The van der Waals surface area contributed by atoms with E-state index in [0.717, 1.165) is 44.9 Å². The Labute approximate surface area is 698 Å². The number of aromatic hydroxyl groups is 3. The fraction of sp³-hybridized carbons (Fsp3) is 0.643. The van der Waals surface area contributed by atoms with Crippen LogP contribution in [0.4, 0.5) is 11.4 Å². The first-order valence-electron chi connectivity index (χ1n) is 41.0. The Bertz CT molecular complexity index is 4050. The van der Waals surface area contributed by atoms with E-state index in [1.54, 1.807) is 0 Å². The third-order valence-electron chi connectivity index (χ3n) is 23.7. The summed E-state index contributed by atoms with van der Waals surface area (Å²) in [6, 6.07) is 4.36. The van der Waals surface area contributed by atoms with Gasteiger partial charge in [0, 0.05) is 69.3 Å². The minimum Gasteiger partial charge on any atom is -0.507 e. The van der Waals surface area contributed by atoms with Crippen molar-refractivity contribution in [3.63, 3.8) is 0 Å². The van der Waals surface area contributed by atoms with Crippen LogP contribution < -0.4 is 64.6 Å². The van der Waals surface area contributed by atoms with Gasteiger partial charge in [-0.05, 0) is 143 Å². The highest BCUT2D eigenvalue weighted by Crippen LogP contribution is 2.70. The maximum absolute atomic E-state index is 14.5. The van der Waals surface area contributed by atoms with Gasteiger partial charge in [0.15, 0.2) is 17.3 Å². The number of ketones is 3. The molecule has 0 radical (unpaired) electrons. The van der Waals surface area contributed by atoms with Crippen molar-refractivity contribution in [3.05, 3.63) is 58.7 Å². The van der Waals surface area contributed by atoms with E-state index in [2.05, 4.69) is 36.7 Å². The summed E-state index contributed by atoms with van der Waals surface area (Å²) >= 11 is 0. The monoisotopic (exact) mass is 1690 g/mol. The minimum absolute atomic E-state index is 0.00362. The highest BCUT2D eigenvalue weighted by molar-refractivity contribution is 6.04. The Morgan fingerprint density at radius 2 is 0.967 bits per heavy atom. The molecule has 3 aromatic carbocycles. The molecule has 3 aromatic rings. The summed E-state index contributed by atoms with van der Waals surface area (Å²) in [6.07, 6.45) is 7.04. The first-order chi connectivity index (χ1) is 57.1. The number of fused-ring (bicyclic) bond motifs is 5. The number of rotatable bonds is 54. The molecule has 0 spiro atoms. The minimum atomic E-state index is -1.39. The molecule has 13 atom stereocenters. The molecule has 4 aliphatic carbocycles. The van der Waals surface area contributed by atoms with E-state index in [9.17, 15) is 72.9 Å². The second-order valence-electron chi connectivity index (χ2n) is 31.9. The molecule has 0 bridgehead atoms. The molecule has 666 valence electrons. The zero-order chi connectivity index (χ0) is 88.0. The van der Waals surface area contributed by atoms with Gasteiger partial charge in [-0.1, -0.05) is 46.1 Å². The van der Waals surface area contributed by atoms with Gasteiger partial charge in [-0.3, -0.25) is 57.5 Å². The number of ether oxygens (including phenoxy) is 12. The molecule has 4 aliphatic rings. The van der Waals surface area contributed by atoms with E-state index in [-0.39, 0.29) is 202 Å². The van der Waals surface area contributed by atoms with E-state index in [4.69, 9.17) is 91.2 Å². The number of hydrogen-bond acceptors (Lipinski definition) is 30. The standard InChI is InChI=1S/C84H123N9O27/c1-8-9-10-11-26-84(4,120-81(108)58(86)41-50(95)15-13-31-113-34-38-117-47-69(99)93-61-19-22-64(111-7)72(75(61)102)78(90)105)66-23-17-54-53-43-65(119-80(107)59(87)44-67(97)91-29-32-114-35-36-115-45-51(96)39-48-16-20-62(109-5)70(73(48)100)76(88)103)56-42-52(24-27-82(56,2)55(53)25-28-83(54,66)3)118-79(106)57(85)40-49(94)14-12-30-112-33-37-116-46-68(98)92-60-18-21-63(110-6)71(74(60)101)77(89)104/h16,18-22,52-59,65-66,100-102H,8-15,17,23-47,85-87H2,1-7H3,(H2,88,103)(H2,89,104)(H2,90,105)(H,91,97)(H,92,98)(H,93,99)/t52-,53-,54-,55-,56+,57-,58+,59-,65-,66-,82+,83-,84-/m0/s1. The number of carbonyl (C=O) groups is 12. The van der Waals surface area contributed by atoms with Gasteiger partial charge in [0.05, 0.1) is 85.4 Å². The molecular weight excluding hydrogens is 1570 g/mol. The number of nitrogens with two attached hydrogens (primary N) is 6. The number of unbranched alkanes of at least 4 members (excludes halogenated alkanes) is 3. The van der Waals surface area contributed by atoms with Crippen LogP contribution >= 0.6 is 0 Å². The molecule has 0 aliphatic heterocycles. The molecule has 0 aromatic heterocycles. The van der Waals surface area contributed by atoms with Crippen LogP contribution in [0.2, 0.25) is 0 Å². The summed E-state index contributed by atoms with van der Waals surface area (Å²) in [5.41, 5.74) is 33.0. The van der Waals surface area contributed by atoms with E-state index in [0.29, 0.717) is 51.4 Å². The van der Waals surface area contributed by atoms with Crippen molar-refractivity contribution in [2.75, 3.05) is 118 Å². The number of carbonyl (C=O) groups excluding carboxylic acids is 12. The SMILES string of the molecule is CCCCCC[C@](C)(OC(=O)[C@H](N)CC(=O)CCCOCCOCC(=O)Nc1ccc(OC)c(C(N)=O)c1O)[C@H]1CC[C@H]2[C@@H]3C[C@H](OC(=O)[C@@H](N)CC(=O)NCCOCCOCC(=O)Cc4ccc(OC)c(C(N)=O)c4O)[C@H]4C[C@@H](OC(=O)[C@@H](N)CC(=O)CCCOCCOCC(=O)Nc5ccc(OC)c(C(N)=O)c5O)CC[C@]4(C)[C@H]3CC[C@@]21C. The van der Waals surface area contributed by atoms with Gasteiger partial charge in [-0.25, -0.2) is 0 Å². The van der Waals surface area contributed by atoms with E-state index < -0.39 is 137 Å². The molecule has 0 unspecified atom stereocenters. The lowest BCUT2D eigenvalue weighted by atomic mass is 9.43. The van der Waals surface area contributed by atoms with Crippen LogP contribution in [0.25, 0.3) is 0 Å². The van der Waals surface area contributed by atoms with E-state index in [1.807, 2.05) is 6.92 Å². The quantitative estimate of drug-likeness (QED) is 0.0154. The lowest BCUT2D eigenvalue weighted by molar-refractivity contribution is -0.205. The van der Waals surface area contributed by atoms with Crippen LogP contribution in [0, 0.1) is 40.4 Å². The number of amides is 6. The first kappa shape index (κ1) is 97.5. The Hall–Kier alpha value is -9.66. The highest BCUT2D eigenvalue weighted by Gasteiger charge is 2.66. The molecule has 0 saturated heterocycles. The van der Waals surface area contributed by atoms with Gasteiger partial charge < -0.3 is 123 Å². The second kappa shape index (κ2) is 46.9. The van der Waals surface area contributed by atoms with Gasteiger partial charge in [-0.15, -0.1) is 0 Å². The molecule has 120 heavy (non-hydrogen) atoms. The van der Waals surface area contributed by atoms with E-state index in [1.165, 1.54) is 57.7 Å². The third kappa shape index (κ3) is 26.9. The molecule has 36 nitrogen and oxygen atoms in total. The number of Topliss-reactive ketones (excluding diaryl/α,β-unsaturated/α-hetero) is 3. The molecule has 18 N–H and O–H groups in total. The number of esters is 3. The molecule has 4 saturated carbocycles. The smallest absolute Gasteiger partial charge is 0.323 e. The van der Waals surface area contributed by atoms with Crippen molar-refractivity contribution in [2.24, 2.45) is 74.8 Å².